The molecule has 0 aliphatic rings. The van der Waals surface area contributed by atoms with Gasteiger partial charge in [-0.2, -0.15) is 0 Å². The Hall–Kier alpha value is -1.22. The molecule has 1 rings (SSSR count). The Labute approximate surface area is 103 Å². The fraction of sp³-hybridized carbons (Fsp3) is 0.571. The lowest BCUT2D eigenvalue weighted by Gasteiger charge is -2.26. The maximum atomic E-state index is 9.97. The fourth-order valence-corrected chi connectivity index (χ4v) is 1.77. The molecule has 0 amide bonds. The highest BCUT2D eigenvalue weighted by atomic mass is 16.5. The lowest BCUT2D eigenvalue weighted by atomic mass is 9.82. The largest absolute Gasteiger partial charge is 0.504 e. The average Bonchev–Trinajstić information content (AvgIpc) is 2.27. The predicted octanol–water partition coefficient (Wildman–Crippen LogP) is 2.79. The van der Waals surface area contributed by atoms with E-state index < -0.39 is 5.41 Å². The Bertz CT molecular complexity index is 395. The van der Waals surface area contributed by atoms with E-state index in [2.05, 4.69) is 13.8 Å². The second kappa shape index (κ2) is 4.96. The SMILES string of the molecule is COc1c(O)cc(C(C)C)cc1C(C)(C)CO. The molecule has 0 aromatic heterocycles. The Morgan fingerprint density at radius 2 is 1.88 bits per heavy atom. The first-order chi connectivity index (χ1) is 7.83. The zero-order valence-corrected chi connectivity index (χ0v) is 11.2. The molecule has 0 spiro atoms. The molecule has 96 valence electrons. The van der Waals surface area contributed by atoms with Crippen molar-refractivity contribution in [2.75, 3.05) is 13.7 Å². The van der Waals surface area contributed by atoms with Gasteiger partial charge in [-0.15, -0.1) is 0 Å². The van der Waals surface area contributed by atoms with Gasteiger partial charge >= 0.3 is 0 Å². The van der Waals surface area contributed by atoms with Gasteiger partial charge in [0.25, 0.3) is 0 Å². The molecule has 3 heteroatoms. The minimum absolute atomic E-state index is 0.00431. The molecule has 0 atom stereocenters. The molecule has 0 saturated heterocycles. The van der Waals surface area contributed by atoms with E-state index in [1.807, 2.05) is 19.9 Å². The van der Waals surface area contributed by atoms with Crippen LogP contribution < -0.4 is 4.74 Å². The van der Waals surface area contributed by atoms with Crippen molar-refractivity contribution in [2.45, 2.75) is 39.0 Å². The molecule has 3 nitrogen and oxygen atoms in total. The predicted molar refractivity (Wildman–Crippen MR) is 68.9 cm³/mol. The Kier molecular flexibility index (Phi) is 4.04. The van der Waals surface area contributed by atoms with Crippen LogP contribution in [0.3, 0.4) is 0 Å². The summed E-state index contributed by atoms with van der Waals surface area (Å²) in [5.41, 5.74) is 1.44. The van der Waals surface area contributed by atoms with Gasteiger partial charge in [-0.05, 0) is 17.5 Å². The first-order valence-electron chi connectivity index (χ1n) is 5.85. The van der Waals surface area contributed by atoms with E-state index >= 15 is 0 Å². The number of rotatable bonds is 4. The van der Waals surface area contributed by atoms with Crippen molar-refractivity contribution in [3.63, 3.8) is 0 Å². The van der Waals surface area contributed by atoms with E-state index in [0.717, 1.165) is 11.1 Å². The Morgan fingerprint density at radius 1 is 1.29 bits per heavy atom. The van der Waals surface area contributed by atoms with Gasteiger partial charge in [0.05, 0.1) is 13.7 Å². The third-order valence-corrected chi connectivity index (χ3v) is 3.09. The summed E-state index contributed by atoms with van der Waals surface area (Å²) < 4.78 is 5.24. The topological polar surface area (TPSA) is 49.7 Å². The third kappa shape index (κ3) is 2.72. The lowest BCUT2D eigenvalue weighted by Crippen LogP contribution is -2.23. The van der Waals surface area contributed by atoms with Crippen LogP contribution in [0, 0.1) is 0 Å². The summed E-state index contributed by atoms with van der Waals surface area (Å²) in [7, 11) is 1.53. The molecular formula is C14H22O3. The molecule has 1 aromatic rings. The number of aromatic hydroxyl groups is 1. The number of benzene rings is 1. The van der Waals surface area contributed by atoms with Gasteiger partial charge in [0.2, 0.25) is 0 Å². The van der Waals surface area contributed by atoms with Crippen molar-refractivity contribution in [3.05, 3.63) is 23.3 Å². The first kappa shape index (κ1) is 13.8. The quantitative estimate of drug-likeness (QED) is 0.848. The zero-order chi connectivity index (χ0) is 13.2. The van der Waals surface area contributed by atoms with Crippen molar-refractivity contribution in [2.24, 2.45) is 0 Å². The highest BCUT2D eigenvalue weighted by molar-refractivity contribution is 5.52. The van der Waals surface area contributed by atoms with Crippen molar-refractivity contribution >= 4 is 0 Å². The van der Waals surface area contributed by atoms with Gasteiger partial charge in [-0.25, -0.2) is 0 Å². The summed E-state index contributed by atoms with van der Waals surface area (Å²) in [6, 6.07) is 3.72. The molecule has 0 unspecified atom stereocenters. The van der Waals surface area contributed by atoms with Crippen LogP contribution in [0.15, 0.2) is 12.1 Å². The van der Waals surface area contributed by atoms with E-state index in [1.165, 1.54) is 7.11 Å². The third-order valence-electron chi connectivity index (χ3n) is 3.09. The van der Waals surface area contributed by atoms with Gasteiger partial charge in [0, 0.05) is 11.0 Å². The van der Waals surface area contributed by atoms with Crippen LogP contribution in [0.5, 0.6) is 11.5 Å². The molecule has 0 saturated carbocycles. The Balaban J connectivity index is 3.44. The maximum absolute atomic E-state index is 9.97. The van der Waals surface area contributed by atoms with Gasteiger partial charge in [0.15, 0.2) is 11.5 Å². The van der Waals surface area contributed by atoms with E-state index in [0.29, 0.717) is 11.7 Å². The second-order valence-electron chi connectivity index (χ2n) is 5.32. The molecule has 0 heterocycles. The van der Waals surface area contributed by atoms with Crippen molar-refractivity contribution in [3.8, 4) is 11.5 Å². The standard InChI is InChI=1S/C14H22O3/c1-9(2)10-6-11(14(3,4)8-15)13(17-5)12(16)7-10/h6-7,9,15-16H,8H2,1-5H3. The summed E-state index contributed by atoms with van der Waals surface area (Å²) in [5.74, 6) is 0.906. The lowest BCUT2D eigenvalue weighted by molar-refractivity contribution is 0.213. The van der Waals surface area contributed by atoms with E-state index in [-0.39, 0.29) is 12.4 Å². The van der Waals surface area contributed by atoms with Crippen LogP contribution in [-0.4, -0.2) is 23.9 Å². The molecular weight excluding hydrogens is 216 g/mol. The number of ether oxygens (including phenoxy) is 1. The number of phenolic OH excluding ortho intramolecular Hbond substituents is 1. The van der Waals surface area contributed by atoms with Crippen molar-refractivity contribution < 1.29 is 14.9 Å². The Morgan fingerprint density at radius 3 is 2.29 bits per heavy atom. The van der Waals surface area contributed by atoms with Crippen LogP contribution in [0.25, 0.3) is 0 Å². The average molecular weight is 238 g/mol. The van der Waals surface area contributed by atoms with Crippen LogP contribution in [0.2, 0.25) is 0 Å². The highest BCUT2D eigenvalue weighted by Gasteiger charge is 2.26. The first-order valence-corrected chi connectivity index (χ1v) is 5.85. The number of phenols is 1. The van der Waals surface area contributed by atoms with Gasteiger partial charge in [0.1, 0.15) is 0 Å². The number of aliphatic hydroxyl groups excluding tert-OH is 1. The molecule has 0 fully saturated rings. The van der Waals surface area contributed by atoms with Crippen LogP contribution in [0.1, 0.15) is 44.7 Å². The molecule has 17 heavy (non-hydrogen) atoms. The van der Waals surface area contributed by atoms with Gasteiger partial charge in [-0.3, -0.25) is 0 Å². The van der Waals surface area contributed by atoms with E-state index in [1.54, 1.807) is 6.07 Å². The van der Waals surface area contributed by atoms with Crippen LogP contribution >= 0.6 is 0 Å². The monoisotopic (exact) mass is 238 g/mol. The minimum atomic E-state index is -0.437. The van der Waals surface area contributed by atoms with E-state index in [9.17, 15) is 10.2 Å². The second-order valence-corrected chi connectivity index (χ2v) is 5.32. The molecule has 0 bridgehead atoms. The molecule has 0 radical (unpaired) electrons. The van der Waals surface area contributed by atoms with E-state index in [4.69, 9.17) is 4.74 Å². The fourth-order valence-electron chi connectivity index (χ4n) is 1.77. The molecule has 1 aromatic carbocycles. The summed E-state index contributed by atoms with van der Waals surface area (Å²) >= 11 is 0. The number of methoxy groups -OCH3 is 1. The normalized spacial score (nSPS) is 11.9. The van der Waals surface area contributed by atoms with Crippen LogP contribution in [0.4, 0.5) is 0 Å². The highest BCUT2D eigenvalue weighted by Crippen LogP contribution is 2.40. The summed E-state index contributed by atoms with van der Waals surface area (Å²) in [6.45, 7) is 7.99. The summed E-state index contributed by atoms with van der Waals surface area (Å²) in [6.07, 6.45) is 0. The minimum Gasteiger partial charge on any atom is -0.504 e. The van der Waals surface area contributed by atoms with Crippen molar-refractivity contribution in [1.82, 2.24) is 0 Å². The van der Waals surface area contributed by atoms with Gasteiger partial charge in [-0.1, -0.05) is 33.8 Å². The smallest absolute Gasteiger partial charge is 0.164 e. The summed E-state index contributed by atoms with van der Waals surface area (Å²) in [5, 5.41) is 19.4. The van der Waals surface area contributed by atoms with Crippen molar-refractivity contribution in [1.29, 1.82) is 0 Å². The van der Waals surface area contributed by atoms with Crippen LogP contribution in [-0.2, 0) is 5.41 Å². The number of hydrogen-bond donors (Lipinski definition) is 2. The molecule has 0 aliphatic heterocycles. The van der Waals surface area contributed by atoms with Gasteiger partial charge < -0.3 is 14.9 Å². The zero-order valence-electron chi connectivity index (χ0n) is 11.2. The summed E-state index contributed by atoms with van der Waals surface area (Å²) in [4.78, 5) is 0. The molecule has 2 N–H and O–H groups in total. The molecule has 0 aliphatic carbocycles. The maximum Gasteiger partial charge on any atom is 0.164 e. The number of hydrogen-bond acceptors (Lipinski definition) is 3. The number of aliphatic hydroxyl groups is 1.